The van der Waals surface area contributed by atoms with Crippen molar-refractivity contribution in [2.75, 3.05) is 13.2 Å². The highest BCUT2D eigenvalue weighted by Crippen LogP contribution is 2.27. The fourth-order valence-corrected chi connectivity index (χ4v) is 4.93. The number of amides is 2. The Morgan fingerprint density at radius 1 is 1.18 bits per heavy atom. The van der Waals surface area contributed by atoms with Gasteiger partial charge in [-0.2, -0.15) is 0 Å². The number of hydrogen-bond donors (Lipinski definition) is 2. The van der Waals surface area contributed by atoms with Crippen molar-refractivity contribution < 1.29 is 24.2 Å². The maximum atomic E-state index is 13.2. The van der Waals surface area contributed by atoms with Crippen molar-refractivity contribution in [1.29, 1.82) is 0 Å². The van der Waals surface area contributed by atoms with Gasteiger partial charge in [0, 0.05) is 4.70 Å². The lowest BCUT2D eigenvalue weighted by molar-refractivity contribution is -0.165. The maximum Gasteiger partial charge on any atom is 0.328 e. The van der Waals surface area contributed by atoms with E-state index in [1.165, 1.54) is 16.2 Å². The molecule has 2 N–H and O–H groups in total. The molecule has 3 heterocycles. The number of nitrogens with zero attached hydrogens (tertiary/aromatic N) is 1. The van der Waals surface area contributed by atoms with Crippen LogP contribution in [-0.4, -0.2) is 59.1 Å². The molecule has 7 nitrogen and oxygen atoms in total. The molecule has 0 bridgehead atoms. The highest BCUT2D eigenvalue weighted by molar-refractivity contribution is 7.20. The van der Waals surface area contributed by atoms with Gasteiger partial charge in [0.15, 0.2) is 6.04 Å². The van der Waals surface area contributed by atoms with Gasteiger partial charge in [-0.25, -0.2) is 4.79 Å². The van der Waals surface area contributed by atoms with Gasteiger partial charge >= 0.3 is 5.97 Å². The van der Waals surface area contributed by atoms with Gasteiger partial charge in [-0.15, -0.1) is 11.3 Å². The number of carboxylic acids is 1. The zero-order valence-electron chi connectivity index (χ0n) is 15.3. The summed E-state index contributed by atoms with van der Waals surface area (Å²) in [6, 6.07) is 7.57. The monoisotopic (exact) mass is 402 g/mol. The summed E-state index contributed by atoms with van der Waals surface area (Å²) < 4.78 is 6.43. The molecule has 1 aromatic carbocycles. The van der Waals surface area contributed by atoms with Crippen LogP contribution >= 0.6 is 11.3 Å². The molecule has 0 radical (unpaired) electrons. The molecule has 8 heteroatoms. The molecule has 2 saturated heterocycles. The lowest BCUT2D eigenvalue weighted by Gasteiger charge is -2.43. The Morgan fingerprint density at radius 3 is 2.75 bits per heavy atom. The first-order valence-corrected chi connectivity index (χ1v) is 10.3. The van der Waals surface area contributed by atoms with E-state index in [4.69, 9.17) is 4.74 Å². The Bertz CT molecular complexity index is 878. The largest absolute Gasteiger partial charge is 0.480 e. The second-order valence-electron chi connectivity index (χ2n) is 7.25. The third-order valence-electron chi connectivity index (χ3n) is 5.39. The number of thiophene rings is 1. The summed E-state index contributed by atoms with van der Waals surface area (Å²) in [7, 11) is 0. The number of ether oxygens (including phenoxy) is 1. The van der Waals surface area contributed by atoms with Gasteiger partial charge in [-0.05, 0) is 30.4 Å². The third-order valence-corrected chi connectivity index (χ3v) is 6.50. The van der Waals surface area contributed by atoms with Gasteiger partial charge in [-0.1, -0.05) is 31.0 Å². The molecule has 1 aromatic heterocycles. The van der Waals surface area contributed by atoms with Gasteiger partial charge < -0.3 is 20.1 Å². The molecule has 2 amide bonds. The number of nitrogens with one attached hydrogen (secondary N) is 1. The molecule has 0 unspecified atom stereocenters. The van der Waals surface area contributed by atoms with Crippen molar-refractivity contribution in [2.24, 2.45) is 0 Å². The second-order valence-corrected chi connectivity index (χ2v) is 8.33. The van der Waals surface area contributed by atoms with Crippen molar-refractivity contribution in [3.63, 3.8) is 0 Å². The molecule has 2 fully saturated rings. The molecule has 148 valence electrons. The standard InChI is InChI=1S/C20H22N2O5S/c23-18(17-9-12-5-1-4-8-16(12)28-17)21-14-7-3-2-6-13-10-27-11-15(20(25)26)22(13)19(14)24/h1,4-5,8-9,13-15H,2-3,6-7,10-11H2,(H,21,23)(H,25,26)/t13-,14-,15-/m0/s1. The highest BCUT2D eigenvalue weighted by atomic mass is 32.1. The Morgan fingerprint density at radius 2 is 1.96 bits per heavy atom. The summed E-state index contributed by atoms with van der Waals surface area (Å²) in [6.45, 7) is 0.320. The summed E-state index contributed by atoms with van der Waals surface area (Å²) in [6.07, 6.45) is 2.88. The van der Waals surface area contributed by atoms with E-state index in [9.17, 15) is 19.5 Å². The SMILES string of the molecule is O=C(N[C@H]1CCCC[C@H]2COC[C@@H](C(=O)O)N2C1=O)c1cc2ccccc2s1. The number of fused-ring (bicyclic) bond motifs is 2. The van der Waals surface area contributed by atoms with E-state index >= 15 is 0 Å². The molecule has 4 rings (SSSR count). The number of rotatable bonds is 3. The Labute approximate surface area is 166 Å². The molecule has 0 spiro atoms. The van der Waals surface area contributed by atoms with Crippen LogP contribution < -0.4 is 5.32 Å². The van der Waals surface area contributed by atoms with Crippen LogP contribution in [0.4, 0.5) is 0 Å². The van der Waals surface area contributed by atoms with Crippen molar-refractivity contribution in [3.05, 3.63) is 35.2 Å². The number of morpholine rings is 1. The van der Waals surface area contributed by atoms with E-state index < -0.39 is 18.1 Å². The predicted octanol–water partition coefficient (Wildman–Crippen LogP) is 2.25. The lowest BCUT2D eigenvalue weighted by atomic mass is 9.96. The molecule has 2 aromatic rings. The molecule has 0 aliphatic carbocycles. The number of carbonyl (C=O) groups is 3. The first-order valence-electron chi connectivity index (χ1n) is 9.47. The van der Waals surface area contributed by atoms with Gasteiger partial charge in [0.2, 0.25) is 5.91 Å². The number of aliphatic carboxylic acids is 1. The zero-order chi connectivity index (χ0) is 19.7. The van der Waals surface area contributed by atoms with Crippen LogP contribution in [0.5, 0.6) is 0 Å². The van der Waals surface area contributed by atoms with Crippen LogP contribution in [-0.2, 0) is 14.3 Å². The highest BCUT2D eigenvalue weighted by Gasteiger charge is 2.42. The molecule has 3 atom stereocenters. The fraction of sp³-hybridized carbons (Fsp3) is 0.450. The van der Waals surface area contributed by atoms with Gasteiger partial charge in [-0.3, -0.25) is 9.59 Å². The summed E-state index contributed by atoms with van der Waals surface area (Å²) in [5.41, 5.74) is 0. The van der Waals surface area contributed by atoms with Crippen molar-refractivity contribution in [2.45, 2.75) is 43.8 Å². The van der Waals surface area contributed by atoms with E-state index in [1.807, 2.05) is 30.3 Å². The van der Waals surface area contributed by atoms with Crippen LogP contribution in [0.2, 0.25) is 0 Å². The Kier molecular flexibility index (Phi) is 5.32. The maximum absolute atomic E-state index is 13.2. The summed E-state index contributed by atoms with van der Waals surface area (Å²) in [5, 5.41) is 13.4. The van der Waals surface area contributed by atoms with Crippen molar-refractivity contribution in [3.8, 4) is 0 Å². The van der Waals surface area contributed by atoms with Crippen molar-refractivity contribution >= 4 is 39.2 Å². The molecule has 2 aliphatic heterocycles. The smallest absolute Gasteiger partial charge is 0.328 e. The van der Waals surface area contributed by atoms with Gasteiger partial charge in [0.05, 0.1) is 24.1 Å². The number of benzene rings is 1. The average Bonchev–Trinajstić information content (AvgIpc) is 3.12. The molecule has 28 heavy (non-hydrogen) atoms. The third kappa shape index (κ3) is 3.62. The van der Waals surface area contributed by atoms with Crippen LogP contribution in [0.3, 0.4) is 0 Å². The average molecular weight is 402 g/mol. The summed E-state index contributed by atoms with van der Waals surface area (Å²) in [5.74, 6) is -1.69. The fourth-order valence-electron chi connectivity index (χ4n) is 3.97. The normalized spacial score (nSPS) is 25.6. The molecular weight excluding hydrogens is 380 g/mol. The Hall–Kier alpha value is -2.45. The molecule has 0 saturated carbocycles. The van der Waals surface area contributed by atoms with Crippen LogP contribution in [0, 0.1) is 0 Å². The van der Waals surface area contributed by atoms with E-state index in [1.54, 1.807) is 0 Å². The van der Waals surface area contributed by atoms with Crippen LogP contribution in [0.1, 0.15) is 35.4 Å². The van der Waals surface area contributed by atoms with E-state index in [0.29, 0.717) is 24.3 Å². The van der Waals surface area contributed by atoms with E-state index in [2.05, 4.69) is 5.32 Å². The van der Waals surface area contributed by atoms with Crippen LogP contribution in [0.25, 0.3) is 10.1 Å². The first-order chi connectivity index (χ1) is 13.5. The first kappa shape index (κ1) is 18.9. The Balaban J connectivity index is 1.56. The predicted molar refractivity (Wildman–Crippen MR) is 104 cm³/mol. The van der Waals surface area contributed by atoms with Gasteiger partial charge in [0.25, 0.3) is 5.91 Å². The van der Waals surface area contributed by atoms with E-state index in [0.717, 1.165) is 22.9 Å². The number of carbonyl (C=O) groups excluding carboxylic acids is 2. The minimum atomic E-state index is -1.08. The van der Waals surface area contributed by atoms with E-state index in [-0.39, 0.29) is 24.5 Å². The number of carboxylic acid groups (broad SMARTS) is 1. The summed E-state index contributed by atoms with van der Waals surface area (Å²) >= 11 is 1.38. The minimum Gasteiger partial charge on any atom is -0.480 e. The summed E-state index contributed by atoms with van der Waals surface area (Å²) in [4.78, 5) is 39.6. The lowest BCUT2D eigenvalue weighted by Crippen LogP contribution is -2.62. The molecular formula is C20H22N2O5S. The van der Waals surface area contributed by atoms with Crippen LogP contribution in [0.15, 0.2) is 30.3 Å². The second kappa shape index (κ2) is 7.89. The van der Waals surface area contributed by atoms with Crippen molar-refractivity contribution in [1.82, 2.24) is 10.2 Å². The minimum absolute atomic E-state index is 0.0193. The topological polar surface area (TPSA) is 95.9 Å². The zero-order valence-corrected chi connectivity index (χ0v) is 16.1. The molecule has 2 aliphatic rings. The quantitative estimate of drug-likeness (QED) is 0.821. The number of hydrogen-bond acceptors (Lipinski definition) is 5. The van der Waals surface area contributed by atoms with Gasteiger partial charge in [0.1, 0.15) is 6.04 Å².